The van der Waals surface area contributed by atoms with Gasteiger partial charge in [0, 0.05) is 6.54 Å². The zero-order chi connectivity index (χ0) is 17.8. The Morgan fingerprint density at radius 3 is 2.44 bits per heavy atom. The van der Waals surface area contributed by atoms with Gasteiger partial charge in [0.05, 0.1) is 16.4 Å². The van der Waals surface area contributed by atoms with Crippen molar-refractivity contribution in [2.24, 2.45) is 0 Å². The molecule has 5 nitrogen and oxygen atoms in total. The smallest absolute Gasteiger partial charge is 0.322 e. The molecular weight excluding hydrogens is 345 g/mol. The van der Waals surface area contributed by atoms with Crippen molar-refractivity contribution >= 4 is 34.9 Å². The van der Waals surface area contributed by atoms with Crippen LogP contribution in [0.4, 0.5) is 20.6 Å². The summed E-state index contributed by atoms with van der Waals surface area (Å²) in [6, 6.07) is 11.7. The van der Waals surface area contributed by atoms with Gasteiger partial charge in [-0.15, -0.1) is 0 Å². The van der Waals surface area contributed by atoms with Gasteiger partial charge in [0.2, 0.25) is 5.91 Å². The molecule has 25 heavy (non-hydrogen) atoms. The second-order valence-electron chi connectivity index (χ2n) is 5.73. The van der Waals surface area contributed by atoms with Gasteiger partial charge in [-0.1, -0.05) is 35.9 Å². The van der Waals surface area contributed by atoms with Crippen LogP contribution in [0.1, 0.15) is 12.8 Å². The van der Waals surface area contributed by atoms with Gasteiger partial charge in [-0.05, 0) is 37.1 Å². The third-order valence-corrected chi connectivity index (χ3v) is 4.39. The predicted octanol–water partition coefficient (Wildman–Crippen LogP) is 4.11. The molecule has 1 atom stereocenters. The van der Waals surface area contributed by atoms with E-state index < -0.39 is 17.9 Å². The quantitative estimate of drug-likeness (QED) is 0.864. The van der Waals surface area contributed by atoms with Gasteiger partial charge < -0.3 is 15.5 Å². The highest BCUT2D eigenvalue weighted by Crippen LogP contribution is 2.24. The number of halogens is 2. The molecule has 1 heterocycles. The van der Waals surface area contributed by atoms with Crippen LogP contribution in [0.5, 0.6) is 0 Å². The van der Waals surface area contributed by atoms with Crippen LogP contribution in [-0.2, 0) is 4.79 Å². The number of hydrogen-bond donors (Lipinski definition) is 2. The first kappa shape index (κ1) is 17.2. The van der Waals surface area contributed by atoms with Crippen molar-refractivity contribution in [1.82, 2.24) is 4.90 Å². The number of hydrogen-bond acceptors (Lipinski definition) is 2. The number of rotatable bonds is 3. The molecule has 2 aromatic rings. The Morgan fingerprint density at radius 1 is 1.04 bits per heavy atom. The molecule has 0 aliphatic carbocycles. The molecular formula is C18H17ClFN3O2. The lowest BCUT2D eigenvalue weighted by Gasteiger charge is -2.24. The molecule has 1 aliphatic heterocycles. The number of likely N-dealkylation sites (tertiary alicyclic amines) is 1. The van der Waals surface area contributed by atoms with E-state index in [0.29, 0.717) is 30.1 Å². The fraction of sp³-hybridized carbons (Fsp3) is 0.222. The van der Waals surface area contributed by atoms with Gasteiger partial charge in [-0.2, -0.15) is 0 Å². The second-order valence-corrected chi connectivity index (χ2v) is 6.14. The molecule has 1 unspecified atom stereocenters. The van der Waals surface area contributed by atoms with E-state index in [0.717, 1.165) is 0 Å². The van der Waals surface area contributed by atoms with E-state index in [9.17, 15) is 14.0 Å². The van der Waals surface area contributed by atoms with Crippen LogP contribution in [0, 0.1) is 5.82 Å². The van der Waals surface area contributed by atoms with Crippen molar-refractivity contribution in [2.75, 3.05) is 17.2 Å². The van der Waals surface area contributed by atoms with Crippen LogP contribution in [0.2, 0.25) is 5.02 Å². The lowest BCUT2D eigenvalue weighted by atomic mass is 10.2. The fourth-order valence-electron chi connectivity index (χ4n) is 2.81. The monoisotopic (exact) mass is 361 g/mol. The standard InChI is InChI=1S/C18H17ClFN3O2/c19-12-6-1-3-8-14(12)21-17(24)16-10-5-11-23(16)18(25)22-15-9-4-2-7-13(15)20/h1-4,6-9,16H,5,10-11H2,(H,21,24)(H,22,25). The van der Waals surface area contributed by atoms with Crippen molar-refractivity contribution in [2.45, 2.75) is 18.9 Å². The van der Waals surface area contributed by atoms with Crippen LogP contribution in [0.15, 0.2) is 48.5 Å². The molecule has 0 aromatic heterocycles. The summed E-state index contributed by atoms with van der Waals surface area (Å²) in [6.07, 6.45) is 1.24. The molecule has 1 aliphatic rings. The zero-order valence-electron chi connectivity index (χ0n) is 13.3. The van der Waals surface area contributed by atoms with Crippen molar-refractivity contribution in [3.63, 3.8) is 0 Å². The molecule has 3 rings (SSSR count). The number of urea groups is 1. The summed E-state index contributed by atoms with van der Waals surface area (Å²) in [6.45, 7) is 0.431. The molecule has 0 radical (unpaired) electrons. The van der Waals surface area contributed by atoms with E-state index >= 15 is 0 Å². The number of anilines is 2. The topological polar surface area (TPSA) is 61.4 Å². The minimum absolute atomic E-state index is 0.0876. The van der Waals surface area contributed by atoms with Crippen LogP contribution in [0.3, 0.4) is 0 Å². The Morgan fingerprint density at radius 2 is 1.72 bits per heavy atom. The number of carbonyl (C=O) groups excluding carboxylic acids is 2. The summed E-state index contributed by atoms with van der Waals surface area (Å²) < 4.78 is 13.7. The molecule has 1 fully saturated rings. The summed E-state index contributed by atoms with van der Waals surface area (Å²) in [5.41, 5.74) is 0.584. The average Bonchev–Trinajstić information content (AvgIpc) is 3.09. The van der Waals surface area contributed by atoms with Crippen LogP contribution in [-0.4, -0.2) is 29.4 Å². The number of amides is 3. The molecule has 1 saturated heterocycles. The summed E-state index contributed by atoms with van der Waals surface area (Å²) in [7, 11) is 0. The summed E-state index contributed by atoms with van der Waals surface area (Å²) in [5, 5.41) is 5.69. The van der Waals surface area contributed by atoms with E-state index in [4.69, 9.17) is 11.6 Å². The van der Waals surface area contributed by atoms with Crippen molar-refractivity contribution < 1.29 is 14.0 Å². The van der Waals surface area contributed by atoms with Gasteiger partial charge in [0.25, 0.3) is 0 Å². The first-order chi connectivity index (χ1) is 12.1. The van der Waals surface area contributed by atoms with Crippen molar-refractivity contribution in [1.29, 1.82) is 0 Å². The van der Waals surface area contributed by atoms with Gasteiger partial charge >= 0.3 is 6.03 Å². The van der Waals surface area contributed by atoms with Crippen LogP contribution < -0.4 is 10.6 Å². The van der Waals surface area contributed by atoms with E-state index in [-0.39, 0.29) is 11.6 Å². The number of para-hydroxylation sites is 2. The van der Waals surface area contributed by atoms with Crippen LogP contribution in [0.25, 0.3) is 0 Å². The molecule has 2 aromatic carbocycles. The first-order valence-corrected chi connectivity index (χ1v) is 8.31. The lowest BCUT2D eigenvalue weighted by molar-refractivity contribution is -0.119. The van der Waals surface area contributed by atoms with E-state index in [1.165, 1.54) is 17.0 Å². The fourth-order valence-corrected chi connectivity index (χ4v) is 2.99. The van der Waals surface area contributed by atoms with Crippen molar-refractivity contribution in [3.05, 3.63) is 59.4 Å². The van der Waals surface area contributed by atoms with Gasteiger partial charge in [-0.3, -0.25) is 4.79 Å². The largest absolute Gasteiger partial charge is 0.323 e. The number of carbonyl (C=O) groups is 2. The summed E-state index contributed by atoms with van der Waals surface area (Å²) in [5.74, 6) is -0.832. The summed E-state index contributed by atoms with van der Waals surface area (Å²) >= 11 is 6.05. The molecule has 2 N–H and O–H groups in total. The Labute approximate surface area is 149 Å². The number of nitrogens with zero attached hydrogens (tertiary/aromatic N) is 1. The summed E-state index contributed by atoms with van der Waals surface area (Å²) in [4.78, 5) is 26.4. The van der Waals surface area contributed by atoms with Gasteiger partial charge in [0.1, 0.15) is 11.9 Å². The second kappa shape index (κ2) is 7.53. The maximum absolute atomic E-state index is 13.7. The third kappa shape index (κ3) is 3.91. The highest BCUT2D eigenvalue weighted by molar-refractivity contribution is 6.33. The highest BCUT2D eigenvalue weighted by atomic mass is 35.5. The Kier molecular flexibility index (Phi) is 5.19. The van der Waals surface area contributed by atoms with E-state index in [1.54, 1.807) is 36.4 Å². The normalized spacial score (nSPS) is 16.6. The average molecular weight is 362 g/mol. The van der Waals surface area contributed by atoms with Gasteiger partial charge in [-0.25, -0.2) is 9.18 Å². The first-order valence-electron chi connectivity index (χ1n) is 7.94. The maximum atomic E-state index is 13.7. The SMILES string of the molecule is O=C(Nc1ccccc1Cl)C1CCCN1C(=O)Nc1ccccc1F. The lowest BCUT2D eigenvalue weighted by Crippen LogP contribution is -2.45. The molecule has 0 saturated carbocycles. The number of nitrogens with one attached hydrogen (secondary N) is 2. The zero-order valence-corrected chi connectivity index (χ0v) is 14.1. The Hall–Kier alpha value is -2.60. The van der Waals surface area contributed by atoms with Gasteiger partial charge in [0.15, 0.2) is 0 Å². The van der Waals surface area contributed by atoms with E-state index in [1.807, 2.05) is 0 Å². The molecule has 3 amide bonds. The minimum Gasteiger partial charge on any atom is -0.323 e. The maximum Gasteiger partial charge on any atom is 0.322 e. The molecule has 0 bridgehead atoms. The van der Waals surface area contributed by atoms with Crippen molar-refractivity contribution in [3.8, 4) is 0 Å². The number of benzene rings is 2. The third-order valence-electron chi connectivity index (χ3n) is 4.06. The Bertz CT molecular complexity index is 734. The predicted molar refractivity (Wildman–Crippen MR) is 95.2 cm³/mol. The minimum atomic E-state index is -0.622. The Balaban J connectivity index is 1.69. The van der Waals surface area contributed by atoms with Crippen LogP contribution >= 0.6 is 11.6 Å². The highest BCUT2D eigenvalue weighted by Gasteiger charge is 2.34. The molecule has 130 valence electrons. The molecule has 0 spiro atoms. The molecule has 7 heteroatoms. The van der Waals surface area contributed by atoms with E-state index in [2.05, 4.69) is 10.6 Å².